The number of carbonyl (C=O) groups is 1. The molecule has 1 N–H and O–H groups in total. The molecular formula is C22H34N4O. The van der Waals surface area contributed by atoms with Gasteiger partial charge in [0.2, 0.25) is 5.91 Å². The third-order valence-corrected chi connectivity index (χ3v) is 7.29. The summed E-state index contributed by atoms with van der Waals surface area (Å²) >= 11 is 0. The van der Waals surface area contributed by atoms with E-state index in [2.05, 4.69) is 27.1 Å². The van der Waals surface area contributed by atoms with E-state index in [-0.39, 0.29) is 11.3 Å². The Hall–Kier alpha value is -1.46. The lowest BCUT2D eigenvalue weighted by Crippen LogP contribution is -2.46. The molecular weight excluding hydrogens is 336 g/mol. The third kappa shape index (κ3) is 4.04. The molecule has 3 heterocycles. The van der Waals surface area contributed by atoms with Gasteiger partial charge >= 0.3 is 0 Å². The molecule has 0 aromatic carbocycles. The highest BCUT2D eigenvalue weighted by atomic mass is 16.2. The number of hydrogen-bond acceptors (Lipinski definition) is 4. The van der Waals surface area contributed by atoms with E-state index >= 15 is 0 Å². The second kappa shape index (κ2) is 8.27. The van der Waals surface area contributed by atoms with E-state index in [1.54, 1.807) is 12.4 Å². The fourth-order valence-electron chi connectivity index (χ4n) is 5.67. The Morgan fingerprint density at radius 3 is 2.78 bits per heavy atom. The molecule has 0 bridgehead atoms. The minimum atomic E-state index is -0.258. The fourth-order valence-corrected chi connectivity index (χ4v) is 5.67. The number of nitrogens with one attached hydrogen (secondary N) is 1. The van der Waals surface area contributed by atoms with E-state index in [1.165, 1.54) is 38.6 Å². The average molecular weight is 371 g/mol. The van der Waals surface area contributed by atoms with Gasteiger partial charge in [-0.1, -0.05) is 19.3 Å². The number of carbonyl (C=O) groups excluding carboxylic acids is 1. The van der Waals surface area contributed by atoms with Crippen molar-refractivity contribution >= 4 is 11.6 Å². The van der Waals surface area contributed by atoms with Crippen LogP contribution in [0.2, 0.25) is 0 Å². The number of nitrogens with zero attached hydrogens (tertiary/aromatic N) is 3. The maximum Gasteiger partial charge on any atom is 0.232 e. The zero-order chi connectivity index (χ0) is 18.7. The van der Waals surface area contributed by atoms with E-state index in [0.29, 0.717) is 6.04 Å². The molecule has 148 valence electrons. The molecule has 0 radical (unpaired) electrons. The van der Waals surface area contributed by atoms with Gasteiger partial charge in [-0.2, -0.15) is 0 Å². The molecule has 1 saturated carbocycles. The van der Waals surface area contributed by atoms with Crippen LogP contribution in [0.4, 0.5) is 5.69 Å². The van der Waals surface area contributed by atoms with Gasteiger partial charge in [-0.05, 0) is 76.8 Å². The van der Waals surface area contributed by atoms with Crippen LogP contribution in [0, 0.1) is 11.3 Å². The summed E-state index contributed by atoms with van der Waals surface area (Å²) in [6.07, 6.45) is 13.5. The zero-order valence-corrected chi connectivity index (χ0v) is 16.7. The number of hydrogen-bond donors (Lipinski definition) is 1. The van der Waals surface area contributed by atoms with Crippen LogP contribution in [0.15, 0.2) is 24.5 Å². The van der Waals surface area contributed by atoms with Gasteiger partial charge in [-0.3, -0.25) is 9.78 Å². The average Bonchev–Trinajstić information content (AvgIpc) is 2.90. The van der Waals surface area contributed by atoms with Crippen LogP contribution in [0.1, 0.15) is 51.4 Å². The van der Waals surface area contributed by atoms with Gasteiger partial charge < -0.3 is 15.1 Å². The molecule has 1 aliphatic carbocycles. The summed E-state index contributed by atoms with van der Waals surface area (Å²) in [5.74, 6) is 1.07. The van der Waals surface area contributed by atoms with Gasteiger partial charge in [-0.15, -0.1) is 0 Å². The second-order valence-electron chi connectivity index (χ2n) is 8.94. The number of amides is 1. The molecule has 27 heavy (non-hydrogen) atoms. The molecule has 2 atom stereocenters. The number of fused-ring (bicyclic) bond motifs is 1. The van der Waals surface area contributed by atoms with Crippen molar-refractivity contribution in [2.75, 3.05) is 38.5 Å². The van der Waals surface area contributed by atoms with Crippen molar-refractivity contribution in [2.24, 2.45) is 11.3 Å². The Morgan fingerprint density at radius 2 is 2.00 bits per heavy atom. The third-order valence-electron chi connectivity index (χ3n) is 7.29. The Morgan fingerprint density at radius 1 is 1.19 bits per heavy atom. The van der Waals surface area contributed by atoms with Gasteiger partial charge in [0.15, 0.2) is 0 Å². The SMILES string of the molecule is CN1CC[C@@]2(C(=O)Nc3cccnc3)CCN(CC3CCCCC3)CC[C@@H]12. The van der Waals surface area contributed by atoms with Gasteiger partial charge in [0, 0.05) is 18.8 Å². The van der Waals surface area contributed by atoms with Gasteiger partial charge in [0.1, 0.15) is 0 Å². The molecule has 2 saturated heterocycles. The minimum Gasteiger partial charge on any atom is -0.324 e. The molecule has 2 aliphatic heterocycles. The summed E-state index contributed by atoms with van der Waals surface area (Å²) in [7, 11) is 2.20. The highest BCUT2D eigenvalue weighted by molar-refractivity contribution is 5.96. The van der Waals surface area contributed by atoms with Crippen LogP contribution >= 0.6 is 0 Å². The van der Waals surface area contributed by atoms with Gasteiger partial charge in [0.25, 0.3) is 0 Å². The van der Waals surface area contributed by atoms with Crippen LogP contribution in [0.25, 0.3) is 0 Å². The lowest BCUT2D eigenvalue weighted by molar-refractivity contribution is -0.127. The highest BCUT2D eigenvalue weighted by Gasteiger charge is 2.52. The normalized spacial score (nSPS) is 30.6. The smallest absolute Gasteiger partial charge is 0.232 e. The fraction of sp³-hybridized carbons (Fsp3) is 0.727. The van der Waals surface area contributed by atoms with Crippen LogP contribution in [0.5, 0.6) is 0 Å². The largest absolute Gasteiger partial charge is 0.324 e. The van der Waals surface area contributed by atoms with Gasteiger partial charge in [-0.25, -0.2) is 0 Å². The van der Waals surface area contributed by atoms with Crippen molar-refractivity contribution in [3.63, 3.8) is 0 Å². The maximum atomic E-state index is 13.4. The quantitative estimate of drug-likeness (QED) is 0.883. The molecule has 5 heteroatoms. The van der Waals surface area contributed by atoms with Gasteiger partial charge in [0.05, 0.1) is 17.3 Å². The predicted octanol–water partition coefficient (Wildman–Crippen LogP) is 3.39. The van der Waals surface area contributed by atoms with E-state index in [1.807, 2.05) is 12.1 Å². The number of rotatable bonds is 4. The summed E-state index contributed by atoms with van der Waals surface area (Å²) < 4.78 is 0. The van der Waals surface area contributed by atoms with Crippen molar-refractivity contribution in [1.82, 2.24) is 14.8 Å². The first-order valence-corrected chi connectivity index (χ1v) is 10.8. The van der Waals surface area contributed by atoms with Crippen molar-refractivity contribution in [3.05, 3.63) is 24.5 Å². The molecule has 3 fully saturated rings. The zero-order valence-electron chi connectivity index (χ0n) is 16.7. The molecule has 1 aromatic rings. The van der Waals surface area contributed by atoms with E-state index in [0.717, 1.165) is 50.5 Å². The number of likely N-dealkylation sites (tertiary alicyclic amines) is 2. The Kier molecular flexibility index (Phi) is 5.79. The van der Waals surface area contributed by atoms with Crippen molar-refractivity contribution in [1.29, 1.82) is 0 Å². The topological polar surface area (TPSA) is 48.5 Å². The standard InChI is InChI=1S/C22H34N4O/c1-25-14-10-22(21(27)24-19-8-5-12-23-16-19)11-15-26(13-9-20(22)25)17-18-6-3-2-4-7-18/h5,8,12,16,18,20H,2-4,6-7,9-11,13-15,17H2,1H3,(H,24,27)/t20-,22-/m1/s1. The summed E-state index contributed by atoms with van der Waals surface area (Å²) in [6.45, 7) is 4.44. The van der Waals surface area contributed by atoms with E-state index in [9.17, 15) is 4.79 Å². The first kappa shape index (κ1) is 18.9. The Balaban J connectivity index is 1.45. The van der Waals surface area contributed by atoms with Crippen LogP contribution in [-0.2, 0) is 4.79 Å². The first-order valence-electron chi connectivity index (χ1n) is 10.8. The molecule has 5 nitrogen and oxygen atoms in total. The molecule has 0 spiro atoms. The molecule has 1 aromatic heterocycles. The lowest BCUT2D eigenvalue weighted by Gasteiger charge is -2.34. The lowest BCUT2D eigenvalue weighted by atomic mass is 9.75. The maximum absolute atomic E-state index is 13.4. The van der Waals surface area contributed by atoms with E-state index < -0.39 is 0 Å². The van der Waals surface area contributed by atoms with Crippen molar-refractivity contribution < 1.29 is 4.79 Å². The number of pyridine rings is 1. The summed E-state index contributed by atoms with van der Waals surface area (Å²) in [5, 5.41) is 3.17. The molecule has 0 unspecified atom stereocenters. The molecule has 1 amide bonds. The summed E-state index contributed by atoms with van der Waals surface area (Å²) in [5.41, 5.74) is 0.555. The second-order valence-corrected chi connectivity index (χ2v) is 8.94. The highest BCUT2D eigenvalue weighted by Crippen LogP contribution is 2.44. The minimum absolute atomic E-state index is 0.198. The number of anilines is 1. The van der Waals surface area contributed by atoms with Crippen LogP contribution < -0.4 is 5.32 Å². The van der Waals surface area contributed by atoms with Crippen LogP contribution in [-0.4, -0.2) is 60.0 Å². The van der Waals surface area contributed by atoms with Crippen molar-refractivity contribution in [3.8, 4) is 0 Å². The Bertz CT molecular complexity index is 630. The predicted molar refractivity (Wildman–Crippen MR) is 109 cm³/mol. The molecule has 4 rings (SSSR count). The number of aromatic nitrogens is 1. The van der Waals surface area contributed by atoms with Crippen molar-refractivity contribution in [2.45, 2.75) is 57.4 Å². The Labute approximate surface area is 163 Å². The summed E-state index contributed by atoms with van der Waals surface area (Å²) in [6, 6.07) is 4.16. The van der Waals surface area contributed by atoms with Crippen LogP contribution in [0.3, 0.4) is 0 Å². The summed E-state index contributed by atoms with van der Waals surface area (Å²) in [4.78, 5) is 22.6. The molecule has 3 aliphatic rings. The monoisotopic (exact) mass is 370 g/mol. The first-order chi connectivity index (χ1) is 13.2. The van der Waals surface area contributed by atoms with E-state index in [4.69, 9.17) is 0 Å².